The highest BCUT2D eigenvalue weighted by molar-refractivity contribution is 7.91. The van der Waals surface area contributed by atoms with Crippen LogP contribution in [-0.4, -0.2) is 41.4 Å². The maximum absolute atomic E-state index is 13.6. The van der Waals surface area contributed by atoms with Crippen LogP contribution in [-0.2, 0) is 21.2 Å². The third kappa shape index (κ3) is 5.63. The lowest BCUT2D eigenvalue weighted by Gasteiger charge is -2.20. The molecule has 0 saturated carbocycles. The molecule has 172 valence electrons. The van der Waals surface area contributed by atoms with E-state index in [1.54, 1.807) is 53.5 Å². The summed E-state index contributed by atoms with van der Waals surface area (Å²) in [5, 5.41) is 4.62. The van der Waals surface area contributed by atoms with Gasteiger partial charge in [0.1, 0.15) is 5.82 Å². The van der Waals surface area contributed by atoms with Crippen molar-refractivity contribution in [2.75, 3.05) is 17.2 Å². The summed E-state index contributed by atoms with van der Waals surface area (Å²) in [7, 11) is -3.48. The molecule has 2 aromatic carbocycles. The number of carbonyl (C=O) groups is 1. The van der Waals surface area contributed by atoms with E-state index in [1.807, 2.05) is 6.92 Å². The lowest BCUT2D eigenvalue weighted by atomic mass is 10.2. The third-order valence-corrected chi connectivity index (χ3v) is 8.02. The fourth-order valence-corrected chi connectivity index (χ4v) is 5.72. The first-order valence-electron chi connectivity index (χ1n) is 10.5. The summed E-state index contributed by atoms with van der Waals surface area (Å²) in [6, 6.07) is 12.8. The van der Waals surface area contributed by atoms with Crippen LogP contribution >= 0.6 is 11.3 Å². The third-order valence-electron chi connectivity index (χ3n) is 5.17. The Morgan fingerprint density at radius 1 is 1.18 bits per heavy atom. The number of carbonyl (C=O) groups excluding carboxylic acids is 1. The lowest BCUT2D eigenvalue weighted by molar-refractivity contribution is -0.118. The number of fused-ring (bicyclic) bond motifs is 1. The van der Waals surface area contributed by atoms with Crippen molar-refractivity contribution in [3.8, 4) is 0 Å². The normalized spacial score (nSPS) is 11.7. The van der Waals surface area contributed by atoms with Gasteiger partial charge in [-0.2, -0.15) is 5.10 Å². The molecule has 4 rings (SSSR count). The van der Waals surface area contributed by atoms with Gasteiger partial charge in [-0.05, 0) is 49.7 Å². The van der Waals surface area contributed by atoms with Crippen molar-refractivity contribution in [3.63, 3.8) is 0 Å². The zero-order chi connectivity index (χ0) is 23.4. The quantitative estimate of drug-likeness (QED) is 0.354. The lowest BCUT2D eigenvalue weighted by Crippen LogP contribution is -2.34. The van der Waals surface area contributed by atoms with Gasteiger partial charge in [0.2, 0.25) is 5.91 Å². The van der Waals surface area contributed by atoms with Gasteiger partial charge in [0.05, 0.1) is 27.4 Å². The molecule has 0 aliphatic rings. The van der Waals surface area contributed by atoms with Crippen molar-refractivity contribution in [3.05, 3.63) is 72.3 Å². The standard InChI is InChI=1S/C23H23FN4O3S2/c1-17-5-8-19(9-6-17)33(30,31)15-2-4-22(29)28(14-13-27-12-3-11-25-27)23-26-20-10-7-18(24)16-21(20)32-23/h3,5-12,16H,2,4,13-15H2,1H3. The summed E-state index contributed by atoms with van der Waals surface area (Å²) in [6.07, 6.45) is 3.69. The van der Waals surface area contributed by atoms with E-state index in [-0.39, 0.29) is 35.2 Å². The predicted octanol–water partition coefficient (Wildman–Crippen LogP) is 4.23. The molecule has 2 aromatic heterocycles. The number of halogens is 1. The molecule has 0 unspecified atom stereocenters. The van der Waals surface area contributed by atoms with Crippen LogP contribution in [0.5, 0.6) is 0 Å². The van der Waals surface area contributed by atoms with Crippen LogP contribution in [0.25, 0.3) is 10.2 Å². The number of nitrogens with zero attached hydrogens (tertiary/aromatic N) is 4. The molecule has 0 bridgehead atoms. The molecular weight excluding hydrogens is 463 g/mol. The van der Waals surface area contributed by atoms with Gasteiger partial charge in [0.25, 0.3) is 0 Å². The molecular formula is C23H23FN4O3S2. The molecule has 10 heteroatoms. The SMILES string of the molecule is Cc1ccc(S(=O)(=O)CCCC(=O)N(CCn2cccn2)c2nc3ccc(F)cc3s2)cc1. The summed E-state index contributed by atoms with van der Waals surface area (Å²) in [6.45, 7) is 2.65. The van der Waals surface area contributed by atoms with Gasteiger partial charge in [-0.15, -0.1) is 0 Å². The second kappa shape index (κ2) is 9.80. The summed E-state index contributed by atoms with van der Waals surface area (Å²) in [5.74, 6) is -0.728. The number of thiazole rings is 1. The molecule has 4 aromatic rings. The van der Waals surface area contributed by atoms with Gasteiger partial charge in [-0.25, -0.2) is 17.8 Å². The molecule has 0 spiro atoms. The fraction of sp³-hybridized carbons (Fsp3) is 0.261. The number of benzene rings is 2. The Morgan fingerprint density at radius 2 is 1.97 bits per heavy atom. The van der Waals surface area contributed by atoms with Crippen molar-refractivity contribution < 1.29 is 17.6 Å². The number of aromatic nitrogens is 3. The van der Waals surface area contributed by atoms with E-state index in [2.05, 4.69) is 10.1 Å². The molecule has 2 heterocycles. The van der Waals surface area contributed by atoms with Crippen LogP contribution in [0.2, 0.25) is 0 Å². The van der Waals surface area contributed by atoms with Crippen molar-refractivity contribution in [2.45, 2.75) is 31.2 Å². The molecule has 0 N–H and O–H groups in total. The van der Waals surface area contributed by atoms with Crippen LogP contribution in [0, 0.1) is 12.7 Å². The van der Waals surface area contributed by atoms with Gasteiger partial charge >= 0.3 is 0 Å². The second-order valence-corrected chi connectivity index (χ2v) is 10.8. The van der Waals surface area contributed by atoms with Gasteiger partial charge in [-0.1, -0.05) is 29.0 Å². The number of rotatable bonds is 9. The number of hydrogen-bond donors (Lipinski definition) is 0. The summed E-state index contributed by atoms with van der Waals surface area (Å²) in [5.41, 5.74) is 1.59. The monoisotopic (exact) mass is 486 g/mol. The molecule has 0 fully saturated rings. The Morgan fingerprint density at radius 3 is 2.70 bits per heavy atom. The zero-order valence-corrected chi connectivity index (χ0v) is 19.7. The van der Waals surface area contributed by atoms with Gasteiger partial charge in [0.15, 0.2) is 15.0 Å². The maximum atomic E-state index is 13.6. The minimum atomic E-state index is -3.48. The van der Waals surface area contributed by atoms with E-state index < -0.39 is 9.84 Å². The average Bonchev–Trinajstić information content (AvgIpc) is 3.43. The Bertz CT molecular complexity index is 1350. The first kappa shape index (κ1) is 23.1. The molecule has 7 nitrogen and oxygen atoms in total. The number of anilines is 1. The van der Waals surface area contributed by atoms with E-state index in [0.29, 0.717) is 28.4 Å². The maximum Gasteiger partial charge on any atom is 0.228 e. The zero-order valence-electron chi connectivity index (χ0n) is 18.0. The second-order valence-electron chi connectivity index (χ2n) is 7.66. The van der Waals surface area contributed by atoms with Crippen LogP contribution in [0.4, 0.5) is 9.52 Å². The summed E-state index contributed by atoms with van der Waals surface area (Å²) in [4.78, 5) is 19.4. The fourth-order valence-electron chi connectivity index (χ4n) is 3.38. The van der Waals surface area contributed by atoms with E-state index in [9.17, 15) is 17.6 Å². The highest BCUT2D eigenvalue weighted by Crippen LogP contribution is 2.30. The predicted molar refractivity (Wildman–Crippen MR) is 127 cm³/mol. The van der Waals surface area contributed by atoms with Crippen LogP contribution in [0.15, 0.2) is 65.8 Å². The smallest absolute Gasteiger partial charge is 0.228 e. The van der Waals surface area contributed by atoms with E-state index >= 15 is 0 Å². The average molecular weight is 487 g/mol. The van der Waals surface area contributed by atoms with Crippen molar-refractivity contribution in [1.82, 2.24) is 14.8 Å². The van der Waals surface area contributed by atoms with Gasteiger partial charge < -0.3 is 0 Å². The topological polar surface area (TPSA) is 85.2 Å². The minimum Gasteiger partial charge on any atom is -0.286 e. The molecule has 0 radical (unpaired) electrons. The number of amides is 1. The molecule has 1 amide bonds. The number of sulfone groups is 1. The van der Waals surface area contributed by atoms with E-state index in [4.69, 9.17) is 0 Å². The first-order chi connectivity index (χ1) is 15.8. The van der Waals surface area contributed by atoms with Crippen molar-refractivity contribution in [2.24, 2.45) is 0 Å². The van der Waals surface area contributed by atoms with Crippen molar-refractivity contribution >= 4 is 42.4 Å². The highest BCUT2D eigenvalue weighted by atomic mass is 32.2. The molecule has 0 aliphatic carbocycles. The number of hydrogen-bond acceptors (Lipinski definition) is 6. The molecule has 33 heavy (non-hydrogen) atoms. The van der Waals surface area contributed by atoms with E-state index in [0.717, 1.165) is 5.56 Å². The van der Waals surface area contributed by atoms with Crippen LogP contribution in [0.3, 0.4) is 0 Å². The molecule has 0 atom stereocenters. The van der Waals surface area contributed by atoms with Crippen LogP contribution < -0.4 is 4.90 Å². The van der Waals surface area contributed by atoms with Gasteiger partial charge in [-0.3, -0.25) is 14.4 Å². The van der Waals surface area contributed by atoms with Gasteiger partial charge in [0, 0.05) is 25.4 Å². The Hall–Kier alpha value is -3.11. The summed E-state index contributed by atoms with van der Waals surface area (Å²) >= 11 is 1.23. The first-order valence-corrected chi connectivity index (χ1v) is 12.9. The Kier molecular flexibility index (Phi) is 6.85. The Balaban J connectivity index is 1.48. The van der Waals surface area contributed by atoms with E-state index in [1.165, 1.54) is 28.4 Å². The Labute approximate surface area is 195 Å². The molecule has 0 aliphatic heterocycles. The largest absolute Gasteiger partial charge is 0.286 e. The summed E-state index contributed by atoms with van der Waals surface area (Å²) < 4.78 is 41.2. The van der Waals surface area contributed by atoms with Crippen LogP contribution in [0.1, 0.15) is 18.4 Å². The molecule has 0 saturated heterocycles. The van der Waals surface area contributed by atoms with Crippen molar-refractivity contribution in [1.29, 1.82) is 0 Å². The number of aryl methyl sites for hydroxylation is 1. The highest BCUT2D eigenvalue weighted by Gasteiger charge is 2.21. The minimum absolute atomic E-state index is 0.0501.